The van der Waals surface area contributed by atoms with E-state index >= 15 is 0 Å². The largest absolute Gasteiger partial charge is 0.481 e. The summed E-state index contributed by atoms with van der Waals surface area (Å²) in [5, 5.41) is 12.9. The van der Waals surface area contributed by atoms with E-state index in [0.29, 0.717) is 30.5 Å². The molecule has 0 aromatic carbocycles. The lowest BCUT2D eigenvalue weighted by molar-refractivity contribution is 0.159. The molecule has 0 bridgehead atoms. The molecule has 1 saturated heterocycles. The summed E-state index contributed by atoms with van der Waals surface area (Å²) in [6.45, 7) is 3.51. The second-order valence-corrected chi connectivity index (χ2v) is 8.76. The van der Waals surface area contributed by atoms with Gasteiger partial charge in [-0.3, -0.25) is 4.68 Å². The van der Waals surface area contributed by atoms with Crippen molar-refractivity contribution in [1.29, 1.82) is 0 Å². The normalized spacial score (nSPS) is 17.4. The number of hydrogen-bond donors (Lipinski definition) is 1. The van der Waals surface area contributed by atoms with Crippen LogP contribution in [-0.2, 0) is 24.4 Å². The van der Waals surface area contributed by atoms with Crippen LogP contribution in [0.2, 0.25) is 0 Å². The molecule has 9 nitrogen and oxygen atoms in total. The molecule has 0 aliphatic carbocycles. The average Bonchev–Trinajstić information content (AvgIpc) is 3.36. The number of alkyl halides is 1. The van der Waals surface area contributed by atoms with Gasteiger partial charge in [0.25, 0.3) is 0 Å². The highest BCUT2D eigenvalue weighted by atomic mass is 19.1. The zero-order chi connectivity index (χ0) is 22.8. The quantitative estimate of drug-likeness (QED) is 0.612. The average molecular weight is 456 g/mol. The van der Waals surface area contributed by atoms with Gasteiger partial charge in [-0.15, -0.1) is 0 Å². The molecule has 1 fully saturated rings. The van der Waals surface area contributed by atoms with E-state index in [4.69, 9.17) is 14.6 Å². The Labute approximate surface area is 192 Å². The van der Waals surface area contributed by atoms with Crippen LogP contribution in [0.15, 0.2) is 24.7 Å². The van der Waals surface area contributed by atoms with E-state index in [1.807, 2.05) is 10.9 Å². The van der Waals surface area contributed by atoms with E-state index in [2.05, 4.69) is 33.5 Å². The molecular formula is C23H30FN7O2. The smallest absolute Gasteiger partial charge is 0.219 e. The molecule has 3 aromatic heterocycles. The fraction of sp³-hybridized carbons (Fsp3) is 0.522. The Kier molecular flexibility index (Phi) is 6.28. The van der Waals surface area contributed by atoms with Crippen molar-refractivity contribution in [2.24, 2.45) is 5.92 Å². The van der Waals surface area contributed by atoms with Gasteiger partial charge in [0, 0.05) is 35.9 Å². The number of nitrogens with one attached hydrogen (secondary N) is 1. The Morgan fingerprint density at radius 3 is 2.91 bits per heavy atom. The lowest BCUT2D eigenvalue weighted by Crippen LogP contribution is -2.31. The van der Waals surface area contributed by atoms with E-state index in [1.54, 1.807) is 16.9 Å². The summed E-state index contributed by atoms with van der Waals surface area (Å²) in [6, 6.07) is 1.72. The second kappa shape index (κ2) is 9.48. The molecule has 3 aromatic rings. The van der Waals surface area contributed by atoms with E-state index < -0.39 is 6.67 Å². The van der Waals surface area contributed by atoms with Gasteiger partial charge in [0.05, 0.1) is 31.8 Å². The van der Waals surface area contributed by atoms with Gasteiger partial charge in [-0.2, -0.15) is 10.2 Å². The van der Waals surface area contributed by atoms with Crippen molar-refractivity contribution >= 4 is 5.82 Å². The maximum absolute atomic E-state index is 13.6. The highest BCUT2D eigenvalue weighted by Gasteiger charge is 2.24. The first-order valence-electron chi connectivity index (χ1n) is 11.4. The molecule has 0 saturated carbocycles. The lowest BCUT2D eigenvalue weighted by Gasteiger charge is -2.28. The van der Waals surface area contributed by atoms with E-state index in [-0.39, 0.29) is 5.88 Å². The van der Waals surface area contributed by atoms with Crippen molar-refractivity contribution < 1.29 is 13.9 Å². The molecule has 5 heterocycles. The van der Waals surface area contributed by atoms with Crippen LogP contribution in [0.3, 0.4) is 0 Å². The van der Waals surface area contributed by atoms with Crippen LogP contribution in [0.25, 0.3) is 16.9 Å². The zero-order valence-corrected chi connectivity index (χ0v) is 19.1. The molecule has 5 rings (SSSR count). The van der Waals surface area contributed by atoms with Crippen molar-refractivity contribution in [2.45, 2.75) is 32.5 Å². The third-order valence-electron chi connectivity index (χ3n) is 6.50. The van der Waals surface area contributed by atoms with Crippen LogP contribution in [0, 0.1) is 5.92 Å². The molecule has 0 unspecified atom stereocenters. The van der Waals surface area contributed by atoms with Gasteiger partial charge < -0.3 is 19.7 Å². The van der Waals surface area contributed by atoms with E-state index in [9.17, 15) is 4.39 Å². The molecular weight excluding hydrogens is 425 g/mol. The Balaban J connectivity index is 1.48. The van der Waals surface area contributed by atoms with E-state index in [0.717, 1.165) is 48.7 Å². The Bertz CT molecular complexity index is 1100. The highest BCUT2D eigenvalue weighted by Crippen LogP contribution is 2.33. The molecule has 176 valence electrons. The number of aromatic nitrogens is 5. The summed E-state index contributed by atoms with van der Waals surface area (Å²) in [5.74, 6) is 1.76. The summed E-state index contributed by atoms with van der Waals surface area (Å²) < 4.78 is 28.2. The molecule has 0 atom stereocenters. The van der Waals surface area contributed by atoms with Crippen molar-refractivity contribution in [2.75, 3.05) is 45.9 Å². The fourth-order valence-electron chi connectivity index (χ4n) is 4.63. The summed E-state index contributed by atoms with van der Waals surface area (Å²) in [7, 11) is 3.66. The Morgan fingerprint density at radius 1 is 1.27 bits per heavy atom. The predicted octanol–water partition coefficient (Wildman–Crippen LogP) is 2.89. The maximum atomic E-state index is 13.6. The minimum Gasteiger partial charge on any atom is -0.481 e. The Hall–Kier alpha value is -2.98. The number of halogens is 1. The summed E-state index contributed by atoms with van der Waals surface area (Å²) in [5.41, 5.74) is 3.93. The van der Waals surface area contributed by atoms with Crippen LogP contribution in [0.4, 0.5) is 10.2 Å². The number of piperidine rings is 1. The van der Waals surface area contributed by atoms with Crippen LogP contribution >= 0.6 is 0 Å². The van der Waals surface area contributed by atoms with Gasteiger partial charge in [-0.25, -0.2) is 14.1 Å². The molecule has 0 spiro atoms. The molecule has 0 amide bonds. The van der Waals surface area contributed by atoms with E-state index in [1.165, 1.54) is 20.0 Å². The summed E-state index contributed by atoms with van der Waals surface area (Å²) >= 11 is 0. The van der Waals surface area contributed by atoms with Gasteiger partial charge in [-0.1, -0.05) is 0 Å². The number of nitrogens with zero attached hydrogens (tertiary/aromatic N) is 6. The maximum Gasteiger partial charge on any atom is 0.219 e. The van der Waals surface area contributed by atoms with Crippen LogP contribution in [0.1, 0.15) is 24.0 Å². The van der Waals surface area contributed by atoms with Crippen molar-refractivity contribution in [3.8, 4) is 22.8 Å². The van der Waals surface area contributed by atoms with Gasteiger partial charge >= 0.3 is 0 Å². The molecule has 1 N–H and O–H groups in total. The molecule has 2 aliphatic rings. The minimum atomic E-state index is -0.666. The second-order valence-electron chi connectivity index (χ2n) is 8.76. The number of hydrogen-bond acceptors (Lipinski definition) is 7. The third kappa shape index (κ3) is 4.45. The lowest BCUT2D eigenvalue weighted by atomic mass is 9.97. The van der Waals surface area contributed by atoms with Gasteiger partial charge in [0.15, 0.2) is 0 Å². The number of anilines is 1. The first-order valence-corrected chi connectivity index (χ1v) is 11.4. The van der Waals surface area contributed by atoms with Crippen LogP contribution < -0.4 is 10.1 Å². The Morgan fingerprint density at radius 2 is 2.12 bits per heavy atom. The minimum absolute atomic E-state index is 0.284. The van der Waals surface area contributed by atoms with Crippen molar-refractivity contribution in [3.63, 3.8) is 0 Å². The first kappa shape index (κ1) is 21.8. The first-order chi connectivity index (χ1) is 16.2. The topological polar surface area (TPSA) is 82.3 Å². The van der Waals surface area contributed by atoms with Crippen LogP contribution in [-0.4, -0.2) is 70.0 Å². The number of fused-ring (bicyclic) bond motifs is 1. The monoisotopic (exact) mass is 455 g/mol. The third-order valence-corrected chi connectivity index (χ3v) is 6.50. The predicted molar refractivity (Wildman–Crippen MR) is 122 cm³/mol. The number of methoxy groups -OCH3 is 1. The molecule has 2 aliphatic heterocycles. The van der Waals surface area contributed by atoms with Crippen LogP contribution in [0.5, 0.6) is 5.88 Å². The number of pyridine rings is 1. The SMILES string of the molecule is COc1ncc(-n2nc(-c3cnn(CC4CCN(C)CC4)c3)c3c2NCOCC3)cc1CF. The fourth-order valence-corrected chi connectivity index (χ4v) is 4.63. The number of rotatable bonds is 6. The summed E-state index contributed by atoms with van der Waals surface area (Å²) in [6.07, 6.45) is 8.71. The van der Waals surface area contributed by atoms with Gasteiger partial charge in [0.1, 0.15) is 24.9 Å². The molecule has 0 radical (unpaired) electrons. The van der Waals surface area contributed by atoms with Gasteiger partial charge in [0.2, 0.25) is 5.88 Å². The van der Waals surface area contributed by atoms with Gasteiger partial charge in [-0.05, 0) is 45.0 Å². The highest BCUT2D eigenvalue weighted by molar-refractivity contribution is 5.70. The number of ether oxygens (including phenoxy) is 2. The summed E-state index contributed by atoms with van der Waals surface area (Å²) in [4.78, 5) is 6.65. The zero-order valence-electron chi connectivity index (χ0n) is 19.1. The number of likely N-dealkylation sites (tertiary alicyclic amines) is 1. The molecule has 33 heavy (non-hydrogen) atoms. The van der Waals surface area contributed by atoms with Crippen molar-refractivity contribution in [3.05, 3.63) is 35.8 Å². The molecule has 10 heteroatoms. The standard InChI is InChI=1S/C23H30FN7O2/c1-29-6-3-16(4-7-29)13-30-14-18(11-27-30)21-20-5-8-33-15-26-22(20)31(28-21)19-9-17(10-24)23(32-2)25-12-19/h9,11-12,14,16,26H,3-8,10,13,15H2,1-2H3. The van der Waals surface area contributed by atoms with Crippen molar-refractivity contribution in [1.82, 2.24) is 29.4 Å².